The van der Waals surface area contributed by atoms with Gasteiger partial charge in [0.25, 0.3) is 11.7 Å². The van der Waals surface area contributed by atoms with Gasteiger partial charge in [0.05, 0.1) is 30.2 Å². The van der Waals surface area contributed by atoms with Gasteiger partial charge in [0, 0.05) is 16.7 Å². The van der Waals surface area contributed by atoms with E-state index in [1.165, 1.54) is 12.2 Å². The summed E-state index contributed by atoms with van der Waals surface area (Å²) in [6.45, 7) is 3.40. The summed E-state index contributed by atoms with van der Waals surface area (Å²) >= 11 is 1.66. The van der Waals surface area contributed by atoms with Crippen LogP contribution in [0.2, 0.25) is 0 Å². The highest BCUT2D eigenvalue weighted by Gasteiger charge is 2.42. The van der Waals surface area contributed by atoms with Crippen molar-refractivity contribution in [1.82, 2.24) is 9.88 Å². The van der Waals surface area contributed by atoms with Gasteiger partial charge in [-0.1, -0.05) is 43.2 Å². The fourth-order valence-electron chi connectivity index (χ4n) is 5.31. The molecule has 1 fully saturated rings. The molecule has 7 heteroatoms. The Morgan fingerprint density at radius 3 is 2.81 bits per heavy atom. The van der Waals surface area contributed by atoms with E-state index in [1.54, 1.807) is 11.8 Å². The lowest BCUT2D eigenvalue weighted by Gasteiger charge is -2.25. The molecule has 32 heavy (non-hydrogen) atoms. The first kappa shape index (κ1) is 21.3. The van der Waals surface area contributed by atoms with Gasteiger partial charge in [0.1, 0.15) is 6.20 Å². The van der Waals surface area contributed by atoms with E-state index < -0.39 is 0 Å². The standard InChI is InChI=1S/C25H29N3O3S/c1-2-31-25(30)23-18-11-6-7-12-20(18)32-24(23)26-21(29)16-27-15-19(17-9-4-3-5-10-17)28-14-8-13-22(27)28/h3-5,9-10,15,18,20H,2,6-8,11-14,16H2,1H3/p+1/t18-,20+/m0/s1. The second kappa shape index (κ2) is 9.14. The van der Waals surface area contributed by atoms with E-state index >= 15 is 0 Å². The molecule has 1 N–H and O–H groups in total. The number of fused-ring (bicyclic) bond motifs is 2. The van der Waals surface area contributed by atoms with Gasteiger partial charge in [-0.15, -0.1) is 11.8 Å². The number of nitrogens with zero attached hydrogens (tertiary/aromatic N) is 2. The van der Waals surface area contributed by atoms with Gasteiger partial charge in [-0.3, -0.25) is 4.79 Å². The average Bonchev–Trinajstić information content (AvgIpc) is 3.49. The zero-order valence-corrected chi connectivity index (χ0v) is 19.3. The van der Waals surface area contributed by atoms with Crippen LogP contribution in [0.15, 0.2) is 47.1 Å². The van der Waals surface area contributed by atoms with E-state index in [0.29, 0.717) is 22.5 Å². The van der Waals surface area contributed by atoms with Crippen molar-refractivity contribution in [2.75, 3.05) is 6.61 Å². The molecule has 0 unspecified atom stereocenters. The molecule has 3 heterocycles. The van der Waals surface area contributed by atoms with E-state index in [-0.39, 0.29) is 24.3 Å². The van der Waals surface area contributed by atoms with Crippen molar-refractivity contribution < 1.29 is 18.9 Å². The van der Waals surface area contributed by atoms with Crippen LogP contribution in [0, 0.1) is 5.92 Å². The summed E-state index contributed by atoms with van der Waals surface area (Å²) in [5.74, 6) is 1.02. The smallest absolute Gasteiger partial charge is 0.336 e. The molecular formula is C25H30N3O3S+. The summed E-state index contributed by atoms with van der Waals surface area (Å²) in [4.78, 5) is 25.8. The number of carbonyl (C=O) groups is 2. The van der Waals surface area contributed by atoms with Crippen molar-refractivity contribution in [2.24, 2.45) is 5.92 Å². The minimum atomic E-state index is -0.270. The zero-order chi connectivity index (χ0) is 22.1. The second-order valence-corrected chi connectivity index (χ2v) is 9.99. The van der Waals surface area contributed by atoms with E-state index in [2.05, 4.69) is 32.8 Å². The van der Waals surface area contributed by atoms with Crippen LogP contribution < -0.4 is 9.88 Å². The number of aromatic nitrogens is 2. The molecule has 6 nitrogen and oxygen atoms in total. The molecule has 5 rings (SSSR count). The first-order valence-electron chi connectivity index (χ1n) is 11.7. The molecule has 168 valence electrons. The predicted molar refractivity (Wildman–Crippen MR) is 124 cm³/mol. The zero-order valence-electron chi connectivity index (χ0n) is 18.5. The van der Waals surface area contributed by atoms with Gasteiger partial charge in [-0.25, -0.2) is 13.9 Å². The summed E-state index contributed by atoms with van der Waals surface area (Å²) in [7, 11) is 0. The maximum Gasteiger partial charge on any atom is 0.336 e. The van der Waals surface area contributed by atoms with Crippen molar-refractivity contribution >= 4 is 23.6 Å². The van der Waals surface area contributed by atoms with Gasteiger partial charge < -0.3 is 10.1 Å². The molecule has 0 saturated heterocycles. The van der Waals surface area contributed by atoms with Crippen molar-refractivity contribution in [3.63, 3.8) is 0 Å². The topological polar surface area (TPSA) is 64.2 Å². The highest BCUT2D eigenvalue weighted by Crippen LogP contribution is 2.48. The van der Waals surface area contributed by atoms with Crippen molar-refractivity contribution in [2.45, 2.75) is 63.8 Å². The molecule has 1 saturated carbocycles. The SMILES string of the molecule is CCOC(=O)C1=C(NC(=O)C[n+]2cc(-c3ccccc3)n3c2CCC3)S[C@@H]2CCCC[C@H]12. The van der Waals surface area contributed by atoms with Crippen molar-refractivity contribution in [3.05, 3.63) is 53.0 Å². The maximum atomic E-state index is 13.1. The Kier molecular flexibility index (Phi) is 6.09. The van der Waals surface area contributed by atoms with Crippen LogP contribution in [-0.4, -0.2) is 28.3 Å². The Morgan fingerprint density at radius 2 is 2.00 bits per heavy atom. The number of thioether (sulfide) groups is 1. The number of nitrogens with one attached hydrogen (secondary N) is 1. The predicted octanol–water partition coefficient (Wildman–Crippen LogP) is 3.59. The fraction of sp³-hybridized carbons (Fsp3) is 0.480. The van der Waals surface area contributed by atoms with Crippen LogP contribution in [0.1, 0.15) is 44.9 Å². The third-order valence-electron chi connectivity index (χ3n) is 6.71. The molecule has 1 aromatic carbocycles. The first-order valence-corrected chi connectivity index (χ1v) is 12.6. The van der Waals surface area contributed by atoms with Crippen molar-refractivity contribution in [3.8, 4) is 11.3 Å². The largest absolute Gasteiger partial charge is 0.463 e. The highest BCUT2D eigenvalue weighted by atomic mass is 32.2. The summed E-state index contributed by atoms with van der Waals surface area (Å²) in [5, 5.41) is 4.17. The Morgan fingerprint density at radius 1 is 1.19 bits per heavy atom. The number of benzene rings is 1. The normalized spacial score (nSPS) is 21.9. The minimum absolute atomic E-state index is 0.0853. The summed E-state index contributed by atoms with van der Waals surface area (Å²) in [6, 6.07) is 10.3. The number of imidazole rings is 1. The van der Waals surface area contributed by atoms with Crippen LogP contribution in [0.25, 0.3) is 11.3 Å². The molecular weight excluding hydrogens is 422 g/mol. The molecule has 1 aliphatic carbocycles. The Labute approximate surface area is 193 Å². The lowest BCUT2D eigenvalue weighted by atomic mass is 9.84. The first-order chi connectivity index (χ1) is 15.7. The molecule has 2 atom stereocenters. The number of esters is 1. The minimum Gasteiger partial charge on any atom is -0.463 e. The van der Waals surface area contributed by atoms with E-state index in [1.807, 2.05) is 25.1 Å². The monoisotopic (exact) mass is 452 g/mol. The maximum absolute atomic E-state index is 13.1. The van der Waals surface area contributed by atoms with Gasteiger partial charge in [0.2, 0.25) is 0 Å². The lowest BCUT2D eigenvalue weighted by Crippen LogP contribution is -2.44. The number of rotatable bonds is 6. The van der Waals surface area contributed by atoms with Crippen LogP contribution in [0.4, 0.5) is 0 Å². The fourth-order valence-corrected chi connectivity index (χ4v) is 6.87. The summed E-state index contributed by atoms with van der Waals surface area (Å²) in [6.07, 6.45) is 8.53. The Hall–Kier alpha value is -2.54. The molecule has 0 radical (unpaired) electrons. The van der Waals surface area contributed by atoms with Gasteiger partial charge in [-0.2, -0.15) is 0 Å². The number of ether oxygens (including phenoxy) is 1. The lowest BCUT2D eigenvalue weighted by molar-refractivity contribution is -0.690. The molecule has 0 bridgehead atoms. The third kappa shape index (κ3) is 3.98. The molecule has 1 aromatic heterocycles. The average molecular weight is 453 g/mol. The summed E-state index contributed by atoms with van der Waals surface area (Å²) < 4.78 is 9.74. The van der Waals surface area contributed by atoms with Crippen LogP contribution >= 0.6 is 11.8 Å². The Balaban J connectivity index is 1.37. The van der Waals surface area contributed by atoms with Gasteiger partial charge in [0.15, 0.2) is 12.2 Å². The van der Waals surface area contributed by atoms with Crippen molar-refractivity contribution in [1.29, 1.82) is 0 Å². The third-order valence-corrected chi connectivity index (χ3v) is 8.14. The molecule has 3 aliphatic rings. The molecule has 2 aromatic rings. The van der Waals surface area contributed by atoms with Crippen LogP contribution in [0.3, 0.4) is 0 Å². The van der Waals surface area contributed by atoms with E-state index in [0.717, 1.165) is 49.9 Å². The molecule has 1 amide bonds. The quantitative estimate of drug-likeness (QED) is 0.538. The number of hydrogen-bond acceptors (Lipinski definition) is 4. The summed E-state index contributed by atoms with van der Waals surface area (Å²) in [5.41, 5.74) is 3.00. The highest BCUT2D eigenvalue weighted by molar-refractivity contribution is 8.04. The van der Waals surface area contributed by atoms with E-state index in [4.69, 9.17) is 4.74 Å². The molecule has 0 spiro atoms. The van der Waals surface area contributed by atoms with Crippen LogP contribution in [0.5, 0.6) is 0 Å². The van der Waals surface area contributed by atoms with Gasteiger partial charge in [-0.05, 0) is 26.2 Å². The van der Waals surface area contributed by atoms with Crippen LogP contribution in [-0.2, 0) is 33.8 Å². The number of carbonyl (C=O) groups excluding carboxylic acids is 2. The number of hydrogen-bond donors (Lipinski definition) is 1. The van der Waals surface area contributed by atoms with Gasteiger partial charge >= 0.3 is 5.97 Å². The number of amides is 1. The molecule has 2 aliphatic heterocycles. The Bertz CT molecular complexity index is 1060. The second-order valence-electron chi connectivity index (χ2n) is 8.74. The van der Waals surface area contributed by atoms with E-state index in [9.17, 15) is 9.59 Å².